The molecular formula is C15H16N4O2S. The largest absolute Gasteiger partial charge is 0.262 e. The van der Waals surface area contributed by atoms with Gasteiger partial charge in [0.2, 0.25) is 5.95 Å². The number of benzene rings is 1. The maximum Gasteiger partial charge on any atom is 0.262 e. The summed E-state index contributed by atoms with van der Waals surface area (Å²) in [5.74, 6) is 0.422. The lowest BCUT2D eigenvalue weighted by Crippen LogP contribution is -2.39. The zero-order chi connectivity index (χ0) is 15.2. The first kappa shape index (κ1) is 13.5. The number of aromatic nitrogens is 3. The van der Waals surface area contributed by atoms with E-state index in [2.05, 4.69) is 10.1 Å². The molecule has 22 heavy (non-hydrogen) atoms. The van der Waals surface area contributed by atoms with Gasteiger partial charge in [-0.2, -0.15) is 10.1 Å². The van der Waals surface area contributed by atoms with Gasteiger partial charge in [0.05, 0.1) is 4.91 Å². The van der Waals surface area contributed by atoms with E-state index >= 15 is 0 Å². The van der Waals surface area contributed by atoms with E-state index in [1.54, 1.807) is 10.8 Å². The predicted molar refractivity (Wildman–Crippen MR) is 83.6 cm³/mol. The minimum absolute atomic E-state index is 0.422. The summed E-state index contributed by atoms with van der Waals surface area (Å²) in [5, 5.41) is 4.08. The fourth-order valence-electron chi connectivity index (χ4n) is 3.05. The molecule has 0 N–H and O–H groups in total. The van der Waals surface area contributed by atoms with Crippen molar-refractivity contribution in [2.75, 3.05) is 10.8 Å². The molecule has 2 heterocycles. The molecule has 2 aromatic rings. The number of nitrogens with zero attached hydrogens (tertiary/aromatic N) is 4. The Morgan fingerprint density at radius 3 is 2.86 bits per heavy atom. The monoisotopic (exact) mass is 316 g/mol. The SMILES string of the molecule is O=S(=O)(C1=Cc2ccccc2CC1)N1CCCn2ncnc21. The molecule has 0 fully saturated rings. The van der Waals surface area contributed by atoms with Crippen molar-refractivity contribution in [3.05, 3.63) is 46.6 Å². The van der Waals surface area contributed by atoms with Crippen LogP contribution >= 0.6 is 0 Å². The second-order valence-electron chi connectivity index (χ2n) is 5.52. The zero-order valence-electron chi connectivity index (χ0n) is 12.0. The molecule has 6 nitrogen and oxygen atoms in total. The van der Waals surface area contributed by atoms with Crippen molar-refractivity contribution in [2.24, 2.45) is 0 Å². The van der Waals surface area contributed by atoms with Crippen LogP contribution in [0.25, 0.3) is 6.08 Å². The molecule has 1 aliphatic carbocycles. The highest BCUT2D eigenvalue weighted by Crippen LogP contribution is 2.31. The average molecular weight is 316 g/mol. The van der Waals surface area contributed by atoms with Crippen molar-refractivity contribution in [1.29, 1.82) is 0 Å². The van der Waals surface area contributed by atoms with Gasteiger partial charge in [0.25, 0.3) is 10.0 Å². The van der Waals surface area contributed by atoms with Crippen LogP contribution in [0.15, 0.2) is 35.5 Å². The molecule has 7 heteroatoms. The molecule has 0 unspecified atom stereocenters. The molecule has 2 aliphatic rings. The van der Waals surface area contributed by atoms with E-state index in [0.717, 1.165) is 18.4 Å². The number of hydrogen-bond donors (Lipinski definition) is 0. The van der Waals surface area contributed by atoms with Crippen molar-refractivity contribution in [2.45, 2.75) is 25.8 Å². The highest BCUT2D eigenvalue weighted by atomic mass is 32.2. The van der Waals surface area contributed by atoms with Gasteiger partial charge in [0, 0.05) is 13.1 Å². The summed E-state index contributed by atoms with van der Waals surface area (Å²) in [6, 6.07) is 7.93. The number of aryl methyl sites for hydroxylation is 2. The van der Waals surface area contributed by atoms with Crippen LogP contribution in [0.4, 0.5) is 5.95 Å². The van der Waals surface area contributed by atoms with Gasteiger partial charge < -0.3 is 0 Å². The molecule has 0 saturated carbocycles. The Hall–Kier alpha value is -2.15. The molecule has 0 spiro atoms. The summed E-state index contributed by atoms with van der Waals surface area (Å²) in [6.45, 7) is 1.17. The van der Waals surface area contributed by atoms with E-state index in [1.807, 2.05) is 24.3 Å². The first-order valence-electron chi connectivity index (χ1n) is 7.35. The fraction of sp³-hybridized carbons (Fsp3) is 0.333. The highest BCUT2D eigenvalue weighted by molar-refractivity contribution is 7.96. The van der Waals surface area contributed by atoms with E-state index in [-0.39, 0.29) is 0 Å². The third-order valence-corrected chi connectivity index (χ3v) is 6.09. The minimum Gasteiger partial charge on any atom is -0.234 e. The summed E-state index contributed by atoms with van der Waals surface area (Å²) in [7, 11) is -3.54. The third-order valence-electron chi connectivity index (χ3n) is 4.18. The van der Waals surface area contributed by atoms with Crippen LogP contribution in [0.1, 0.15) is 24.0 Å². The Morgan fingerprint density at radius 2 is 1.95 bits per heavy atom. The van der Waals surface area contributed by atoms with E-state index < -0.39 is 10.0 Å². The number of allylic oxidation sites excluding steroid dienone is 1. The summed E-state index contributed by atoms with van der Waals surface area (Å²) in [5.41, 5.74) is 2.19. The zero-order valence-corrected chi connectivity index (χ0v) is 12.8. The first-order valence-corrected chi connectivity index (χ1v) is 8.79. The van der Waals surface area contributed by atoms with Crippen molar-refractivity contribution >= 4 is 22.0 Å². The molecule has 1 aromatic heterocycles. The Balaban J connectivity index is 1.76. The highest BCUT2D eigenvalue weighted by Gasteiger charge is 2.33. The topological polar surface area (TPSA) is 68.1 Å². The van der Waals surface area contributed by atoms with Crippen molar-refractivity contribution < 1.29 is 8.42 Å². The number of hydrogen-bond acceptors (Lipinski definition) is 4. The molecule has 0 saturated heterocycles. The molecule has 0 atom stereocenters. The summed E-state index contributed by atoms with van der Waals surface area (Å²) in [4.78, 5) is 4.58. The van der Waals surface area contributed by atoms with E-state index in [4.69, 9.17) is 0 Å². The van der Waals surface area contributed by atoms with E-state index in [1.165, 1.54) is 16.2 Å². The molecule has 4 rings (SSSR count). The number of fused-ring (bicyclic) bond motifs is 2. The molecule has 0 amide bonds. The first-order chi connectivity index (χ1) is 10.7. The summed E-state index contributed by atoms with van der Waals surface area (Å²) < 4.78 is 29.0. The minimum atomic E-state index is -3.54. The normalized spacial score (nSPS) is 17.6. The van der Waals surface area contributed by atoms with Gasteiger partial charge in [-0.3, -0.25) is 0 Å². The van der Waals surface area contributed by atoms with Crippen molar-refractivity contribution in [3.8, 4) is 0 Å². The van der Waals surface area contributed by atoms with Gasteiger partial charge >= 0.3 is 0 Å². The van der Waals surface area contributed by atoms with Gasteiger partial charge in [0.15, 0.2) is 0 Å². The van der Waals surface area contributed by atoms with Gasteiger partial charge in [-0.15, -0.1) is 0 Å². The Bertz CT molecular complexity index is 854. The predicted octanol–water partition coefficient (Wildman–Crippen LogP) is 1.81. The molecule has 1 aromatic carbocycles. The smallest absolute Gasteiger partial charge is 0.234 e. The van der Waals surface area contributed by atoms with Crippen LogP contribution < -0.4 is 4.31 Å². The third kappa shape index (κ3) is 2.04. The van der Waals surface area contributed by atoms with Crippen molar-refractivity contribution in [1.82, 2.24) is 14.8 Å². The average Bonchev–Trinajstić information content (AvgIpc) is 3.02. The van der Waals surface area contributed by atoms with Crippen molar-refractivity contribution in [3.63, 3.8) is 0 Å². The Kier molecular flexibility index (Phi) is 3.04. The second kappa shape index (κ2) is 4.95. The van der Waals surface area contributed by atoms with Gasteiger partial charge in [-0.25, -0.2) is 17.4 Å². The maximum atomic E-state index is 13.0. The lowest BCUT2D eigenvalue weighted by Gasteiger charge is -2.29. The number of rotatable bonds is 2. The number of sulfonamides is 1. The van der Waals surface area contributed by atoms with Gasteiger partial charge in [-0.1, -0.05) is 24.3 Å². The Morgan fingerprint density at radius 1 is 1.09 bits per heavy atom. The molecule has 0 bridgehead atoms. The van der Waals surface area contributed by atoms with Gasteiger partial charge in [-0.05, 0) is 36.5 Å². The molecular weight excluding hydrogens is 300 g/mol. The lowest BCUT2D eigenvalue weighted by molar-refractivity contribution is 0.531. The quantitative estimate of drug-likeness (QED) is 0.847. The molecule has 0 radical (unpaired) electrons. The number of anilines is 1. The van der Waals surface area contributed by atoms with Crippen LogP contribution in [0.2, 0.25) is 0 Å². The van der Waals surface area contributed by atoms with Crippen LogP contribution in [0.5, 0.6) is 0 Å². The molecule has 1 aliphatic heterocycles. The van der Waals surface area contributed by atoms with E-state index in [0.29, 0.717) is 30.4 Å². The Labute approximate surface area is 129 Å². The fourth-order valence-corrected chi connectivity index (χ4v) is 4.70. The van der Waals surface area contributed by atoms with Crippen LogP contribution in [-0.4, -0.2) is 29.7 Å². The van der Waals surface area contributed by atoms with E-state index in [9.17, 15) is 8.42 Å². The summed E-state index contributed by atoms with van der Waals surface area (Å²) in [6.07, 6.45) is 5.24. The van der Waals surface area contributed by atoms with Crippen LogP contribution in [0, 0.1) is 0 Å². The summed E-state index contributed by atoms with van der Waals surface area (Å²) >= 11 is 0. The maximum absolute atomic E-state index is 13.0. The van der Waals surface area contributed by atoms with Crippen LogP contribution in [-0.2, 0) is 23.0 Å². The van der Waals surface area contributed by atoms with Crippen LogP contribution in [0.3, 0.4) is 0 Å². The lowest BCUT2D eigenvalue weighted by atomic mass is 9.98. The molecule has 114 valence electrons. The van der Waals surface area contributed by atoms with Gasteiger partial charge in [0.1, 0.15) is 6.33 Å². The second-order valence-corrected chi connectivity index (χ2v) is 7.44. The standard InChI is InChI=1S/C15H16N4O2S/c20-22(21,19-9-3-8-18-15(19)16-11-17-18)14-7-6-12-4-1-2-5-13(12)10-14/h1-2,4-5,10-11H,3,6-9H2.